The molecule has 0 N–H and O–H groups in total. The van der Waals surface area contributed by atoms with Crippen molar-refractivity contribution in [3.8, 4) is 5.75 Å². The van der Waals surface area contributed by atoms with Crippen LogP contribution in [0.25, 0.3) is 6.08 Å². The molecule has 0 amide bonds. The van der Waals surface area contributed by atoms with E-state index in [0.29, 0.717) is 6.61 Å². The Morgan fingerprint density at radius 1 is 1.24 bits per heavy atom. The number of benzene rings is 1. The van der Waals surface area contributed by atoms with Crippen LogP contribution in [-0.2, 0) is 11.3 Å². The molecule has 0 aliphatic rings. The Bertz CT molecular complexity index is 656. The molecule has 0 unspecified atom stereocenters. The van der Waals surface area contributed by atoms with E-state index in [1.165, 1.54) is 11.3 Å². The summed E-state index contributed by atoms with van der Waals surface area (Å²) in [7, 11) is 3.28. The van der Waals surface area contributed by atoms with Crippen LogP contribution in [-0.4, -0.2) is 20.0 Å². The minimum atomic E-state index is 0.0252. The Kier molecular flexibility index (Phi) is 5.31. The van der Waals surface area contributed by atoms with Crippen molar-refractivity contribution in [1.29, 1.82) is 0 Å². The predicted molar refractivity (Wildman–Crippen MR) is 86.1 cm³/mol. The smallest absolute Gasteiger partial charge is 0.195 e. The number of ketones is 1. The molecular weight excluding hydrogens is 284 g/mol. The Balaban J connectivity index is 2.17. The van der Waals surface area contributed by atoms with Crippen LogP contribution in [0.1, 0.15) is 25.7 Å². The summed E-state index contributed by atoms with van der Waals surface area (Å²) in [6.07, 6.45) is 3.42. The van der Waals surface area contributed by atoms with Gasteiger partial charge in [-0.3, -0.25) is 4.79 Å². The Morgan fingerprint density at radius 2 is 2.05 bits per heavy atom. The standard InChI is InChI=1S/C17H18O3S/c1-12-4-9-17(21-12)15(18)7-5-13-6-8-16(20-3)14(10-13)11-19-2/h4-10H,11H2,1-3H3/b7-5-. The summed E-state index contributed by atoms with van der Waals surface area (Å²) in [5, 5.41) is 0. The maximum Gasteiger partial charge on any atom is 0.195 e. The summed E-state index contributed by atoms with van der Waals surface area (Å²) in [4.78, 5) is 13.9. The molecule has 0 saturated carbocycles. The van der Waals surface area contributed by atoms with Gasteiger partial charge in [-0.2, -0.15) is 0 Å². The number of rotatable bonds is 6. The summed E-state index contributed by atoms with van der Waals surface area (Å²) in [6, 6.07) is 9.58. The highest BCUT2D eigenvalue weighted by molar-refractivity contribution is 7.14. The first-order valence-corrected chi connectivity index (χ1v) is 7.40. The average molecular weight is 302 g/mol. The zero-order valence-electron chi connectivity index (χ0n) is 12.4. The highest BCUT2D eigenvalue weighted by Crippen LogP contribution is 2.22. The van der Waals surface area contributed by atoms with Gasteiger partial charge in [0.05, 0.1) is 18.6 Å². The highest BCUT2D eigenvalue weighted by Gasteiger charge is 2.05. The summed E-state index contributed by atoms with van der Waals surface area (Å²) < 4.78 is 10.4. The van der Waals surface area contributed by atoms with Crippen LogP contribution in [0.15, 0.2) is 36.4 Å². The minimum absolute atomic E-state index is 0.0252. The molecule has 0 fully saturated rings. The van der Waals surface area contributed by atoms with Gasteiger partial charge in [0.2, 0.25) is 0 Å². The number of methoxy groups -OCH3 is 2. The summed E-state index contributed by atoms with van der Waals surface area (Å²) in [5.41, 5.74) is 1.91. The van der Waals surface area contributed by atoms with E-state index in [1.807, 2.05) is 43.3 Å². The summed E-state index contributed by atoms with van der Waals surface area (Å²) in [5.74, 6) is 0.811. The number of carbonyl (C=O) groups is 1. The molecule has 1 aromatic carbocycles. The van der Waals surface area contributed by atoms with Gasteiger partial charge in [-0.1, -0.05) is 12.1 Å². The average Bonchev–Trinajstić information content (AvgIpc) is 2.92. The third-order valence-corrected chi connectivity index (χ3v) is 4.03. The third-order valence-electron chi connectivity index (χ3n) is 3.01. The van der Waals surface area contributed by atoms with Crippen molar-refractivity contribution < 1.29 is 14.3 Å². The van der Waals surface area contributed by atoms with Gasteiger partial charge in [0.15, 0.2) is 5.78 Å². The fraction of sp³-hybridized carbons (Fsp3) is 0.235. The second-order valence-electron chi connectivity index (χ2n) is 4.61. The van der Waals surface area contributed by atoms with Crippen LogP contribution < -0.4 is 4.74 Å². The lowest BCUT2D eigenvalue weighted by atomic mass is 10.1. The lowest BCUT2D eigenvalue weighted by Crippen LogP contribution is -1.95. The van der Waals surface area contributed by atoms with Gasteiger partial charge in [-0.15, -0.1) is 11.3 Å². The molecule has 0 saturated heterocycles. The van der Waals surface area contributed by atoms with Gasteiger partial charge in [-0.05, 0) is 42.8 Å². The first kappa shape index (κ1) is 15.5. The van der Waals surface area contributed by atoms with E-state index in [0.717, 1.165) is 26.6 Å². The SMILES string of the molecule is COCc1cc(/C=C\C(=O)c2ccc(C)s2)ccc1OC. The molecule has 3 nitrogen and oxygen atoms in total. The van der Waals surface area contributed by atoms with Gasteiger partial charge in [-0.25, -0.2) is 0 Å². The van der Waals surface area contributed by atoms with E-state index < -0.39 is 0 Å². The molecule has 1 aromatic heterocycles. The van der Waals surface area contributed by atoms with Crippen LogP contribution in [0.3, 0.4) is 0 Å². The number of thiophene rings is 1. The predicted octanol–water partition coefficient (Wildman–Crippen LogP) is 4.11. The maximum atomic E-state index is 12.0. The number of allylic oxidation sites excluding steroid dienone is 1. The molecule has 0 radical (unpaired) electrons. The van der Waals surface area contributed by atoms with Gasteiger partial charge in [0, 0.05) is 17.6 Å². The lowest BCUT2D eigenvalue weighted by Gasteiger charge is -2.08. The Hall–Kier alpha value is -1.91. The molecule has 21 heavy (non-hydrogen) atoms. The zero-order valence-corrected chi connectivity index (χ0v) is 13.2. The molecule has 1 heterocycles. The van der Waals surface area contributed by atoms with E-state index in [1.54, 1.807) is 20.3 Å². The molecule has 4 heteroatoms. The number of aryl methyl sites for hydroxylation is 1. The van der Waals surface area contributed by atoms with Gasteiger partial charge in [0.1, 0.15) is 5.75 Å². The largest absolute Gasteiger partial charge is 0.496 e. The fourth-order valence-corrected chi connectivity index (χ4v) is 2.78. The number of hydrogen-bond donors (Lipinski definition) is 0. The van der Waals surface area contributed by atoms with E-state index in [2.05, 4.69) is 0 Å². The number of carbonyl (C=O) groups excluding carboxylic acids is 1. The molecule has 0 aliphatic heterocycles. The van der Waals surface area contributed by atoms with Crippen LogP contribution >= 0.6 is 11.3 Å². The second kappa shape index (κ2) is 7.20. The fourth-order valence-electron chi connectivity index (χ4n) is 1.99. The van der Waals surface area contributed by atoms with Crippen LogP contribution in [0.2, 0.25) is 0 Å². The van der Waals surface area contributed by atoms with Crippen molar-refractivity contribution in [3.05, 3.63) is 57.3 Å². The second-order valence-corrected chi connectivity index (χ2v) is 5.90. The third kappa shape index (κ3) is 4.03. The van der Waals surface area contributed by atoms with Crippen LogP contribution in [0, 0.1) is 6.92 Å². The topological polar surface area (TPSA) is 35.5 Å². The quantitative estimate of drug-likeness (QED) is 0.595. The van der Waals surface area contributed by atoms with Crippen LogP contribution in [0.4, 0.5) is 0 Å². The van der Waals surface area contributed by atoms with Crippen molar-refractivity contribution in [2.24, 2.45) is 0 Å². The van der Waals surface area contributed by atoms with Crippen molar-refractivity contribution >= 4 is 23.2 Å². The van der Waals surface area contributed by atoms with E-state index in [9.17, 15) is 4.79 Å². The summed E-state index contributed by atoms with van der Waals surface area (Å²) >= 11 is 1.51. The normalized spacial score (nSPS) is 11.0. The highest BCUT2D eigenvalue weighted by atomic mass is 32.1. The molecular formula is C17H18O3S. The lowest BCUT2D eigenvalue weighted by molar-refractivity contribution is 0.105. The van der Waals surface area contributed by atoms with Crippen LogP contribution in [0.5, 0.6) is 5.75 Å². The number of hydrogen-bond acceptors (Lipinski definition) is 4. The zero-order chi connectivity index (χ0) is 15.2. The molecule has 110 valence electrons. The first-order chi connectivity index (χ1) is 10.1. The first-order valence-electron chi connectivity index (χ1n) is 6.58. The monoisotopic (exact) mass is 302 g/mol. The van der Waals surface area contributed by atoms with E-state index >= 15 is 0 Å². The minimum Gasteiger partial charge on any atom is -0.496 e. The van der Waals surface area contributed by atoms with Crippen molar-refractivity contribution in [2.75, 3.05) is 14.2 Å². The van der Waals surface area contributed by atoms with Gasteiger partial charge in [0.25, 0.3) is 0 Å². The Labute approximate surface area is 128 Å². The number of ether oxygens (including phenoxy) is 2. The molecule has 2 rings (SSSR count). The molecule has 0 atom stereocenters. The molecule has 0 bridgehead atoms. The Morgan fingerprint density at radius 3 is 2.67 bits per heavy atom. The van der Waals surface area contributed by atoms with Crippen molar-refractivity contribution in [3.63, 3.8) is 0 Å². The van der Waals surface area contributed by atoms with Gasteiger partial charge >= 0.3 is 0 Å². The molecule has 0 aliphatic carbocycles. The van der Waals surface area contributed by atoms with Gasteiger partial charge < -0.3 is 9.47 Å². The summed E-state index contributed by atoms with van der Waals surface area (Å²) in [6.45, 7) is 2.47. The van der Waals surface area contributed by atoms with Crippen molar-refractivity contribution in [2.45, 2.75) is 13.5 Å². The molecule has 2 aromatic rings. The van der Waals surface area contributed by atoms with Crippen molar-refractivity contribution in [1.82, 2.24) is 0 Å². The maximum absolute atomic E-state index is 12.0. The van der Waals surface area contributed by atoms with E-state index in [4.69, 9.17) is 9.47 Å². The van der Waals surface area contributed by atoms with E-state index in [-0.39, 0.29) is 5.78 Å². The molecule has 0 spiro atoms.